The summed E-state index contributed by atoms with van der Waals surface area (Å²) < 4.78 is 5.74. The standard InChI is InChI=1S/C12H14O2/c13-11-9-5-1-2-6-10(9)12(14-11)7-3-4-8-12/h1-2,5-6,11,13H,3-4,7-8H2. The number of ether oxygens (including phenoxy) is 1. The fourth-order valence-corrected chi connectivity index (χ4v) is 2.80. The van der Waals surface area contributed by atoms with Crippen molar-refractivity contribution < 1.29 is 9.84 Å². The molecule has 1 unspecified atom stereocenters. The molecule has 0 radical (unpaired) electrons. The molecule has 1 fully saturated rings. The lowest BCUT2D eigenvalue weighted by Gasteiger charge is -2.23. The van der Waals surface area contributed by atoms with Crippen LogP contribution in [0.1, 0.15) is 43.1 Å². The van der Waals surface area contributed by atoms with Crippen LogP contribution in [-0.4, -0.2) is 5.11 Å². The van der Waals surface area contributed by atoms with Crippen molar-refractivity contribution in [1.29, 1.82) is 0 Å². The van der Waals surface area contributed by atoms with E-state index in [2.05, 4.69) is 6.07 Å². The molecule has 2 aliphatic rings. The SMILES string of the molecule is OC1OC2(CCCC2)c2ccccc21. The van der Waals surface area contributed by atoms with Gasteiger partial charge in [0.05, 0.1) is 5.60 Å². The number of fused-ring (bicyclic) bond motifs is 2. The van der Waals surface area contributed by atoms with Crippen LogP contribution in [-0.2, 0) is 10.3 Å². The first-order valence-electron chi connectivity index (χ1n) is 5.27. The summed E-state index contributed by atoms with van der Waals surface area (Å²) in [7, 11) is 0. The van der Waals surface area contributed by atoms with Crippen molar-refractivity contribution in [3.8, 4) is 0 Å². The van der Waals surface area contributed by atoms with E-state index >= 15 is 0 Å². The van der Waals surface area contributed by atoms with Crippen LogP contribution in [0.2, 0.25) is 0 Å². The Labute approximate surface area is 83.5 Å². The molecule has 1 spiro atoms. The van der Waals surface area contributed by atoms with Crippen molar-refractivity contribution in [2.24, 2.45) is 0 Å². The Morgan fingerprint density at radius 1 is 1.21 bits per heavy atom. The zero-order valence-corrected chi connectivity index (χ0v) is 8.07. The van der Waals surface area contributed by atoms with Crippen molar-refractivity contribution in [2.75, 3.05) is 0 Å². The maximum Gasteiger partial charge on any atom is 0.182 e. The third-order valence-electron chi connectivity index (χ3n) is 3.47. The zero-order valence-electron chi connectivity index (χ0n) is 8.07. The molecule has 0 bridgehead atoms. The zero-order chi connectivity index (χ0) is 9.60. The highest BCUT2D eigenvalue weighted by Crippen LogP contribution is 2.51. The van der Waals surface area contributed by atoms with Gasteiger partial charge in [-0.25, -0.2) is 0 Å². The van der Waals surface area contributed by atoms with Crippen LogP contribution >= 0.6 is 0 Å². The van der Waals surface area contributed by atoms with E-state index < -0.39 is 6.29 Å². The number of rotatable bonds is 0. The Morgan fingerprint density at radius 2 is 1.93 bits per heavy atom. The average molecular weight is 190 g/mol. The maximum atomic E-state index is 9.78. The molecule has 1 aliphatic heterocycles. The summed E-state index contributed by atoms with van der Waals surface area (Å²) in [6.45, 7) is 0. The largest absolute Gasteiger partial charge is 0.364 e. The number of hydrogen-bond acceptors (Lipinski definition) is 2. The molecule has 3 rings (SSSR count). The number of aliphatic hydroxyl groups excluding tert-OH is 1. The number of aliphatic hydroxyl groups is 1. The molecular formula is C12H14O2. The molecule has 2 heteroatoms. The Bertz CT molecular complexity index is 353. The second-order valence-corrected chi connectivity index (χ2v) is 4.26. The second kappa shape index (κ2) is 2.81. The van der Waals surface area contributed by atoms with Crippen LogP contribution in [0.4, 0.5) is 0 Å². The lowest BCUT2D eigenvalue weighted by atomic mass is 9.91. The van der Waals surface area contributed by atoms with E-state index in [1.54, 1.807) is 0 Å². The number of benzene rings is 1. The van der Waals surface area contributed by atoms with E-state index in [0.29, 0.717) is 0 Å². The molecule has 74 valence electrons. The Kier molecular flexibility index (Phi) is 1.70. The minimum absolute atomic E-state index is 0.157. The van der Waals surface area contributed by atoms with Crippen LogP contribution < -0.4 is 0 Å². The molecular weight excluding hydrogens is 176 g/mol. The predicted molar refractivity (Wildman–Crippen MR) is 52.6 cm³/mol. The molecule has 1 N–H and O–H groups in total. The second-order valence-electron chi connectivity index (χ2n) is 4.26. The Balaban J connectivity index is 2.13. The predicted octanol–water partition coefficient (Wildman–Crippen LogP) is 2.48. The monoisotopic (exact) mass is 190 g/mol. The van der Waals surface area contributed by atoms with Gasteiger partial charge >= 0.3 is 0 Å². The van der Waals surface area contributed by atoms with Gasteiger partial charge in [-0.2, -0.15) is 0 Å². The summed E-state index contributed by atoms with van der Waals surface area (Å²) in [6.07, 6.45) is 3.83. The van der Waals surface area contributed by atoms with Gasteiger partial charge in [-0.3, -0.25) is 0 Å². The molecule has 0 aromatic heterocycles. The van der Waals surface area contributed by atoms with Crippen molar-refractivity contribution >= 4 is 0 Å². The van der Waals surface area contributed by atoms with Gasteiger partial charge in [0.1, 0.15) is 0 Å². The fraction of sp³-hybridized carbons (Fsp3) is 0.500. The third kappa shape index (κ3) is 0.983. The Morgan fingerprint density at radius 3 is 2.71 bits per heavy atom. The van der Waals surface area contributed by atoms with Gasteiger partial charge in [-0.05, 0) is 18.4 Å². The quantitative estimate of drug-likeness (QED) is 0.681. The van der Waals surface area contributed by atoms with E-state index in [9.17, 15) is 5.11 Å². The average Bonchev–Trinajstić information content (AvgIpc) is 2.77. The van der Waals surface area contributed by atoms with Gasteiger partial charge in [0, 0.05) is 5.56 Å². The van der Waals surface area contributed by atoms with E-state index in [1.807, 2.05) is 18.2 Å². The first-order valence-corrected chi connectivity index (χ1v) is 5.27. The number of hydrogen-bond donors (Lipinski definition) is 1. The summed E-state index contributed by atoms with van der Waals surface area (Å²) >= 11 is 0. The molecule has 1 saturated carbocycles. The van der Waals surface area contributed by atoms with Gasteiger partial charge in [-0.1, -0.05) is 37.1 Å². The fourth-order valence-electron chi connectivity index (χ4n) is 2.80. The summed E-state index contributed by atoms with van der Waals surface area (Å²) in [5, 5.41) is 9.78. The molecule has 14 heavy (non-hydrogen) atoms. The van der Waals surface area contributed by atoms with Crippen LogP contribution in [0.25, 0.3) is 0 Å². The molecule has 1 heterocycles. The summed E-state index contributed by atoms with van der Waals surface area (Å²) in [5.74, 6) is 0. The molecule has 0 saturated heterocycles. The van der Waals surface area contributed by atoms with Crippen molar-refractivity contribution in [2.45, 2.75) is 37.6 Å². The minimum Gasteiger partial charge on any atom is -0.364 e. The van der Waals surface area contributed by atoms with Crippen molar-refractivity contribution in [3.05, 3.63) is 35.4 Å². The normalized spacial score (nSPS) is 28.2. The summed E-state index contributed by atoms with van der Waals surface area (Å²) in [4.78, 5) is 0. The first kappa shape index (κ1) is 8.45. The van der Waals surface area contributed by atoms with Crippen LogP contribution in [0.5, 0.6) is 0 Å². The maximum absolute atomic E-state index is 9.78. The molecule has 1 aromatic carbocycles. The third-order valence-corrected chi connectivity index (χ3v) is 3.47. The highest BCUT2D eigenvalue weighted by molar-refractivity contribution is 5.37. The highest BCUT2D eigenvalue weighted by Gasteiger charge is 2.45. The van der Waals surface area contributed by atoms with E-state index in [0.717, 1.165) is 18.4 Å². The van der Waals surface area contributed by atoms with Gasteiger partial charge in [0.25, 0.3) is 0 Å². The molecule has 2 nitrogen and oxygen atoms in total. The van der Waals surface area contributed by atoms with Crippen molar-refractivity contribution in [3.63, 3.8) is 0 Å². The van der Waals surface area contributed by atoms with Crippen LogP contribution in [0.15, 0.2) is 24.3 Å². The van der Waals surface area contributed by atoms with Gasteiger partial charge in [0.2, 0.25) is 0 Å². The molecule has 1 aromatic rings. The lowest BCUT2D eigenvalue weighted by Crippen LogP contribution is -2.20. The summed E-state index contributed by atoms with van der Waals surface area (Å²) in [5.41, 5.74) is 2.02. The van der Waals surface area contributed by atoms with E-state index in [1.165, 1.54) is 18.4 Å². The van der Waals surface area contributed by atoms with Crippen LogP contribution in [0, 0.1) is 0 Å². The molecule has 0 amide bonds. The van der Waals surface area contributed by atoms with Gasteiger partial charge in [-0.15, -0.1) is 0 Å². The lowest BCUT2D eigenvalue weighted by molar-refractivity contribution is -0.169. The molecule has 1 atom stereocenters. The Hall–Kier alpha value is -0.860. The van der Waals surface area contributed by atoms with Crippen molar-refractivity contribution in [1.82, 2.24) is 0 Å². The van der Waals surface area contributed by atoms with Crippen LogP contribution in [0.3, 0.4) is 0 Å². The first-order chi connectivity index (χ1) is 6.82. The van der Waals surface area contributed by atoms with E-state index in [4.69, 9.17) is 4.74 Å². The van der Waals surface area contributed by atoms with E-state index in [-0.39, 0.29) is 5.60 Å². The summed E-state index contributed by atoms with van der Waals surface area (Å²) in [6, 6.07) is 8.05. The van der Waals surface area contributed by atoms with Gasteiger partial charge in [0.15, 0.2) is 6.29 Å². The highest BCUT2D eigenvalue weighted by atomic mass is 16.6. The van der Waals surface area contributed by atoms with Gasteiger partial charge < -0.3 is 9.84 Å². The topological polar surface area (TPSA) is 29.5 Å². The molecule has 1 aliphatic carbocycles. The smallest absolute Gasteiger partial charge is 0.182 e. The minimum atomic E-state index is -0.704.